The molecule has 2 aromatic carbocycles. The van der Waals surface area contributed by atoms with Gasteiger partial charge in [0.25, 0.3) is 0 Å². The molecule has 3 heteroatoms. The van der Waals surface area contributed by atoms with Gasteiger partial charge in [-0.25, -0.2) is 4.39 Å². The lowest BCUT2D eigenvalue weighted by atomic mass is 10.0. The van der Waals surface area contributed by atoms with E-state index in [1.165, 1.54) is 30.5 Å². The fourth-order valence-corrected chi connectivity index (χ4v) is 3.48. The van der Waals surface area contributed by atoms with Crippen LogP contribution in [0.3, 0.4) is 0 Å². The molecule has 0 saturated heterocycles. The van der Waals surface area contributed by atoms with Gasteiger partial charge in [0.15, 0.2) is 5.13 Å². The molecule has 1 saturated carbocycles. The normalized spacial score (nSPS) is 14.3. The summed E-state index contributed by atoms with van der Waals surface area (Å²) in [5, 5.41) is -0.297. The van der Waals surface area contributed by atoms with Gasteiger partial charge in [0.1, 0.15) is 5.82 Å². The second-order valence-corrected chi connectivity index (χ2v) is 6.73. The van der Waals surface area contributed by atoms with Crippen molar-refractivity contribution < 1.29 is 8.78 Å². The first-order valence-electron chi connectivity index (χ1n) is 7.36. The number of halogens is 2. The van der Waals surface area contributed by atoms with Gasteiger partial charge < -0.3 is 0 Å². The molecule has 0 aliphatic heterocycles. The van der Waals surface area contributed by atoms with Crippen LogP contribution in [0.4, 0.5) is 8.78 Å². The van der Waals surface area contributed by atoms with E-state index >= 15 is 0 Å². The maximum atomic E-state index is 14.3. The van der Waals surface area contributed by atoms with Crippen molar-refractivity contribution in [1.29, 1.82) is 0 Å². The monoisotopic (exact) mass is 312 g/mol. The van der Waals surface area contributed by atoms with E-state index < -0.39 is 0 Å². The van der Waals surface area contributed by atoms with Gasteiger partial charge in [-0.1, -0.05) is 30.3 Å². The third-order valence-electron chi connectivity index (χ3n) is 4.10. The highest BCUT2D eigenvalue weighted by Gasteiger charge is 2.23. The molecule has 1 heterocycles. The van der Waals surface area contributed by atoms with Gasteiger partial charge in [-0.3, -0.25) is 0 Å². The summed E-state index contributed by atoms with van der Waals surface area (Å²) in [5.41, 5.74) is 3.68. The first-order chi connectivity index (χ1) is 10.7. The van der Waals surface area contributed by atoms with Crippen LogP contribution in [0, 0.1) is 10.9 Å². The first-order valence-corrected chi connectivity index (χ1v) is 8.18. The highest BCUT2D eigenvalue weighted by molar-refractivity contribution is 7.13. The minimum Gasteiger partial charge on any atom is -0.206 e. The van der Waals surface area contributed by atoms with Crippen LogP contribution in [-0.4, -0.2) is 0 Å². The van der Waals surface area contributed by atoms with Gasteiger partial charge in [0, 0.05) is 10.4 Å². The number of benzene rings is 2. The predicted octanol–water partition coefficient (Wildman–Crippen LogP) is 6.24. The molecule has 1 aliphatic carbocycles. The predicted molar refractivity (Wildman–Crippen MR) is 87.1 cm³/mol. The van der Waals surface area contributed by atoms with Crippen LogP contribution >= 0.6 is 11.3 Å². The second kappa shape index (κ2) is 5.33. The average molecular weight is 312 g/mol. The molecule has 1 aliphatic rings. The zero-order valence-electron chi connectivity index (χ0n) is 11.9. The maximum Gasteiger partial charge on any atom is 0.176 e. The molecule has 0 nitrogen and oxygen atoms in total. The molecule has 22 heavy (non-hydrogen) atoms. The molecule has 0 amide bonds. The smallest absolute Gasteiger partial charge is 0.176 e. The summed E-state index contributed by atoms with van der Waals surface area (Å²) < 4.78 is 27.4. The topological polar surface area (TPSA) is 0 Å². The SMILES string of the molecule is Fc1ccc(-c2ccc(-c3ccc(C4CC4)cc3)cc2F)s1. The summed E-state index contributed by atoms with van der Waals surface area (Å²) in [6.07, 6.45) is 2.56. The number of hydrogen-bond acceptors (Lipinski definition) is 1. The van der Waals surface area contributed by atoms with E-state index in [9.17, 15) is 8.78 Å². The molecule has 1 fully saturated rings. The Morgan fingerprint density at radius 2 is 1.55 bits per heavy atom. The van der Waals surface area contributed by atoms with Crippen molar-refractivity contribution in [2.24, 2.45) is 0 Å². The summed E-state index contributed by atoms with van der Waals surface area (Å²) in [7, 11) is 0. The zero-order chi connectivity index (χ0) is 15.1. The largest absolute Gasteiger partial charge is 0.206 e. The third kappa shape index (κ3) is 2.57. The van der Waals surface area contributed by atoms with Crippen LogP contribution in [0.15, 0.2) is 54.6 Å². The molecule has 0 unspecified atom stereocenters. The van der Waals surface area contributed by atoms with Gasteiger partial charge in [0.2, 0.25) is 0 Å². The van der Waals surface area contributed by atoms with Crippen molar-refractivity contribution >= 4 is 11.3 Å². The van der Waals surface area contributed by atoms with Gasteiger partial charge in [-0.05, 0) is 59.7 Å². The highest BCUT2D eigenvalue weighted by atomic mass is 32.1. The summed E-state index contributed by atoms with van der Waals surface area (Å²) in [6, 6.07) is 16.5. The highest BCUT2D eigenvalue weighted by Crippen LogP contribution is 2.40. The van der Waals surface area contributed by atoms with Crippen molar-refractivity contribution in [1.82, 2.24) is 0 Å². The summed E-state index contributed by atoms with van der Waals surface area (Å²) in [6.45, 7) is 0. The Balaban J connectivity index is 1.66. The maximum absolute atomic E-state index is 14.3. The number of rotatable bonds is 3. The first kappa shape index (κ1) is 13.6. The summed E-state index contributed by atoms with van der Waals surface area (Å²) >= 11 is 0.962. The Bertz CT molecular complexity index is 814. The van der Waals surface area contributed by atoms with Crippen LogP contribution in [0.1, 0.15) is 24.3 Å². The summed E-state index contributed by atoms with van der Waals surface area (Å²) in [4.78, 5) is 0.616. The molecule has 4 rings (SSSR count). The average Bonchev–Trinajstić information content (AvgIpc) is 3.29. The molecule has 0 bridgehead atoms. The van der Waals surface area contributed by atoms with E-state index in [4.69, 9.17) is 0 Å². The zero-order valence-corrected chi connectivity index (χ0v) is 12.7. The molecule has 0 atom stereocenters. The Morgan fingerprint density at radius 3 is 2.14 bits per heavy atom. The molecule has 110 valence electrons. The van der Waals surface area contributed by atoms with Crippen LogP contribution < -0.4 is 0 Å². The quantitative estimate of drug-likeness (QED) is 0.537. The van der Waals surface area contributed by atoms with E-state index in [-0.39, 0.29) is 10.9 Å². The second-order valence-electron chi connectivity index (χ2n) is 5.69. The van der Waals surface area contributed by atoms with Crippen LogP contribution in [-0.2, 0) is 0 Å². The van der Waals surface area contributed by atoms with Crippen molar-refractivity contribution in [3.8, 4) is 21.6 Å². The fourth-order valence-electron chi connectivity index (χ4n) is 2.72. The minimum atomic E-state index is -0.314. The lowest BCUT2D eigenvalue weighted by Gasteiger charge is -2.06. The fraction of sp³-hybridized carbons (Fsp3) is 0.158. The summed E-state index contributed by atoms with van der Waals surface area (Å²) in [5.74, 6) is 0.410. The van der Waals surface area contributed by atoms with Crippen LogP contribution in [0.25, 0.3) is 21.6 Å². The Kier molecular flexibility index (Phi) is 3.30. The van der Waals surface area contributed by atoms with Gasteiger partial charge in [-0.15, -0.1) is 11.3 Å². The van der Waals surface area contributed by atoms with Gasteiger partial charge >= 0.3 is 0 Å². The lowest BCUT2D eigenvalue weighted by molar-refractivity contribution is 0.632. The standard InChI is InChI=1S/C19H14F2S/c20-17-11-15(7-8-16(17)18-9-10-19(21)22-18)14-5-3-13(4-6-14)12-1-2-12/h3-12H,1-2H2. The molecule has 0 N–H and O–H groups in total. The molecule has 3 aromatic rings. The van der Waals surface area contributed by atoms with E-state index in [0.717, 1.165) is 28.4 Å². The Hall–Kier alpha value is -2.00. The van der Waals surface area contributed by atoms with Crippen molar-refractivity contribution in [3.63, 3.8) is 0 Å². The minimum absolute atomic E-state index is 0.297. The van der Waals surface area contributed by atoms with E-state index in [1.54, 1.807) is 12.1 Å². The van der Waals surface area contributed by atoms with Crippen molar-refractivity contribution in [3.05, 3.63) is 71.1 Å². The number of thiophene rings is 1. The lowest BCUT2D eigenvalue weighted by Crippen LogP contribution is -1.86. The molecular weight excluding hydrogens is 298 g/mol. The van der Waals surface area contributed by atoms with Gasteiger partial charge in [0.05, 0.1) is 0 Å². The van der Waals surface area contributed by atoms with Crippen molar-refractivity contribution in [2.75, 3.05) is 0 Å². The van der Waals surface area contributed by atoms with E-state index in [1.807, 2.05) is 18.2 Å². The molecule has 0 spiro atoms. The molecule has 1 aromatic heterocycles. The molecule has 0 radical (unpaired) electrons. The van der Waals surface area contributed by atoms with E-state index in [2.05, 4.69) is 12.1 Å². The third-order valence-corrected chi connectivity index (χ3v) is 5.01. The Labute approximate surface area is 132 Å². The van der Waals surface area contributed by atoms with Gasteiger partial charge in [-0.2, -0.15) is 4.39 Å². The molecular formula is C19H14F2S. The van der Waals surface area contributed by atoms with Crippen LogP contribution in [0.5, 0.6) is 0 Å². The number of hydrogen-bond donors (Lipinski definition) is 0. The van der Waals surface area contributed by atoms with Crippen molar-refractivity contribution in [2.45, 2.75) is 18.8 Å². The van der Waals surface area contributed by atoms with Crippen LogP contribution in [0.2, 0.25) is 0 Å². The van der Waals surface area contributed by atoms with E-state index in [0.29, 0.717) is 10.4 Å². The Morgan fingerprint density at radius 1 is 0.818 bits per heavy atom.